The van der Waals surface area contributed by atoms with Crippen LogP contribution in [0.25, 0.3) is 0 Å². The zero-order valence-corrected chi connectivity index (χ0v) is 8.43. The summed E-state index contributed by atoms with van der Waals surface area (Å²) in [6.07, 6.45) is 0. The Labute approximate surface area is 79.9 Å². The molecular weight excluding hydrogens is 169 g/mol. The van der Waals surface area contributed by atoms with E-state index in [1.807, 2.05) is 11.9 Å². The molecule has 0 spiro atoms. The average molecular weight is 189 g/mol. The minimum Gasteiger partial charge on any atom is -0.314 e. The molecule has 0 amide bonds. The lowest BCUT2D eigenvalue weighted by atomic mass is 10.3. The SMILES string of the molecule is CN(CCF)CCN1CCNCC1. The number of hydrogen-bond donors (Lipinski definition) is 1. The normalized spacial score (nSPS) is 19.6. The Morgan fingerprint density at radius 3 is 2.62 bits per heavy atom. The molecule has 4 heteroatoms. The fraction of sp³-hybridized carbons (Fsp3) is 1.00. The van der Waals surface area contributed by atoms with E-state index in [0.29, 0.717) is 6.54 Å². The van der Waals surface area contributed by atoms with Crippen LogP contribution in [0.3, 0.4) is 0 Å². The molecular formula is C9H20FN3. The van der Waals surface area contributed by atoms with E-state index in [1.165, 1.54) is 0 Å². The molecule has 1 fully saturated rings. The van der Waals surface area contributed by atoms with Gasteiger partial charge in [0, 0.05) is 45.8 Å². The van der Waals surface area contributed by atoms with Crippen molar-refractivity contribution < 1.29 is 4.39 Å². The minimum absolute atomic E-state index is 0.238. The summed E-state index contributed by atoms with van der Waals surface area (Å²) >= 11 is 0. The summed E-state index contributed by atoms with van der Waals surface area (Å²) in [5.41, 5.74) is 0. The van der Waals surface area contributed by atoms with Crippen molar-refractivity contribution in [2.24, 2.45) is 0 Å². The zero-order chi connectivity index (χ0) is 9.52. The van der Waals surface area contributed by atoms with Crippen LogP contribution in [0.15, 0.2) is 0 Å². The van der Waals surface area contributed by atoms with Crippen LogP contribution in [-0.4, -0.2) is 69.3 Å². The van der Waals surface area contributed by atoms with Crippen molar-refractivity contribution in [2.75, 3.05) is 59.5 Å². The van der Waals surface area contributed by atoms with E-state index >= 15 is 0 Å². The number of likely N-dealkylation sites (N-methyl/N-ethyl adjacent to an activating group) is 1. The van der Waals surface area contributed by atoms with Crippen molar-refractivity contribution in [1.29, 1.82) is 0 Å². The van der Waals surface area contributed by atoms with Crippen LogP contribution in [0, 0.1) is 0 Å². The molecule has 1 rings (SSSR count). The van der Waals surface area contributed by atoms with E-state index in [9.17, 15) is 4.39 Å². The highest BCUT2D eigenvalue weighted by atomic mass is 19.1. The largest absolute Gasteiger partial charge is 0.314 e. The quantitative estimate of drug-likeness (QED) is 0.646. The molecule has 0 aliphatic carbocycles. The van der Waals surface area contributed by atoms with Gasteiger partial charge in [-0.2, -0.15) is 0 Å². The van der Waals surface area contributed by atoms with E-state index in [1.54, 1.807) is 0 Å². The molecule has 0 aromatic heterocycles. The topological polar surface area (TPSA) is 18.5 Å². The number of piperazine rings is 1. The second-order valence-electron chi connectivity index (χ2n) is 3.58. The standard InChI is InChI=1S/C9H20FN3/c1-12(5-2-10)8-9-13-6-3-11-4-7-13/h11H,2-9H2,1H3. The monoisotopic (exact) mass is 189 g/mol. The Morgan fingerprint density at radius 2 is 2.00 bits per heavy atom. The first-order chi connectivity index (χ1) is 6.33. The van der Waals surface area contributed by atoms with Gasteiger partial charge in [0.1, 0.15) is 6.67 Å². The van der Waals surface area contributed by atoms with Gasteiger partial charge in [-0.3, -0.25) is 4.90 Å². The van der Waals surface area contributed by atoms with Gasteiger partial charge >= 0.3 is 0 Å². The summed E-state index contributed by atoms with van der Waals surface area (Å²) < 4.78 is 11.9. The molecule has 0 aromatic rings. The van der Waals surface area contributed by atoms with Crippen LogP contribution in [0.2, 0.25) is 0 Å². The van der Waals surface area contributed by atoms with E-state index in [4.69, 9.17) is 0 Å². The van der Waals surface area contributed by atoms with Crippen LogP contribution in [-0.2, 0) is 0 Å². The maximum Gasteiger partial charge on any atom is 0.102 e. The van der Waals surface area contributed by atoms with Crippen molar-refractivity contribution in [3.63, 3.8) is 0 Å². The van der Waals surface area contributed by atoms with Crippen LogP contribution in [0.4, 0.5) is 4.39 Å². The van der Waals surface area contributed by atoms with E-state index < -0.39 is 0 Å². The molecule has 3 nitrogen and oxygen atoms in total. The van der Waals surface area contributed by atoms with Crippen LogP contribution in [0.1, 0.15) is 0 Å². The molecule has 1 heterocycles. The Balaban J connectivity index is 2.03. The van der Waals surface area contributed by atoms with Crippen LogP contribution >= 0.6 is 0 Å². The lowest BCUT2D eigenvalue weighted by molar-refractivity contribution is 0.199. The molecule has 1 saturated heterocycles. The maximum atomic E-state index is 11.9. The van der Waals surface area contributed by atoms with Crippen molar-refractivity contribution in [1.82, 2.24) is 15.1 Å². The molecule has 1 N–H and O–H groups in total. The van der Waals surface area contributed by atoms with Gasteiger partial charge in [0.2, 0.25) is 0 Å². The molecule has 78 valence electrons. The van der Waals surface area contributed by atoms with E-state index in [-0.39, 0.29) is 6.67 Å². The number of nitrogens with zero attached hydrogens (tertiary/aromatic N) is 2. The molecule has 0 bridgehead atoms. The summed E-state index contributed by atoms with van der Waals surface area (Å²) in [6.45, 7) is 6.80. The minimum atomic E-state index is -0.238. The van der Waals surface area contributed by atoms with Crippen LogP contribution in [0.5, 0.6) is 0 Å². The molecule has 13 heavy (non-hydrogen) atoms. The zero-order valence-electron chi connectivity index (χ0n) is 8.43. The highest BCUT2D eigenvalue weighted by Gasteiger charge is 2.09. The third kappa shape index (κ3) is 4.55. The molecule has 0 radical (unpaired) electrons. The number of hydrogen-bond acceptors (Lipinski definition) is 3. The van der Waals surface area contributed by atoms with Crippen molar-refractivity contribution in [3.8, 4) is 0 Å². The molecule has 1 aliphatic heterocycles. The highest BCUT2D eigenvalue weighted by Crippen LogP contribution is 1.92. The van der Waals surface area contributed by atoms with Gasteiger partial charge in [-0.15, -0.1) is 0 Å². The summed E-state index contributed by atoms with van der Waals surface area (Å²) in [4.78, 5) is 4.47. The van der Waals surface area contributed by atoms with Crippen molar-refractivity contribution >= 4 is 0 Å². The van der Waals surface area contributed by atoms with Gasteiger partial charge < -0.3 is 10.2 Å². The first-order valence-corrected chi connectivity index (χ1v) is 5.00. The second-order valence-corrected chi connectivity index (χ2v) is 3.58. The van der Waals surface area contributed by atoms with Gasteiger partial charge in [-0.05, 0) is 7.05 Å². The van der Waals surface area contributed by atoms with E-state index in [0.717, 1.165) is 39.3 Å². The van der Waals surface area contributed by atoms with Gasteiger partial charge in [0.25, 0.3) is 0 Å². The van der Waals surface area contributed by atoms with Gasteiger partial charge in [0.15, 0.2) is 0 Å². The van der Waals surface area contributed by atoms with E-state index in [2.05, 4.69) is 10.2 Å². The summed E-state index contributed by atoms with van der Waals surface area (Å²) in [7, 11) is 1.97. The molecule has 0 atom stereocenters. The fourth-order valence-corrected chi connectivity index (χ4v) is 1.50. The molecule has 0 aromatic carbocycles. The number of nitrogens with one attached hydrogen (secondary N) is 1. The number of rotatable bonds is 5. The first kappa shape index (κ1) is 10.9. The Kier molecular flexibility index (Phi) is 5.27. The van der Waals surface area contributed by atoms with Crippen molar-refractivity contribution in [2.45, 2.75) is 0 Å². The van der Waals surface area contributed by atoms with Gasteiger partial charge in [0.05, 0.1) is 0 Å². The summed E-state index contributed by atoms with van der Waals surface area (Å²) in [5.74, 6) is 0. The Morgan fingerprint density at radius 1 is 1.31 bits per heavy atom. The maximum absolute atomic E-state index is 11.9. The fourth-order valence-electron chi connectivity index (χ4n) is 1.50. The number of halogens is 1. The average Bonchev–Trinajstić information content (AvgIpc) is 2.17. The predicted molar refractivity (Wildman–Crippen MR) is 52.8 cm³/mol. The second kappa shape index (κ2) is 6.29. The Hall–Kier alpha value is -0.190. The van der Waals surface area contributed by atoms with Crippen LogP contribution < -0.4 is 5.32 Å². The number of alkyl halides is 1. The summed E-state index contributed by atoms with van der Waals surface area (Å²) in [6, 6.07) is 0. The highest BCUT2D eigenvalue weighted by molar-refractivity contribution is 4.68. The molecule has 0 unspecified atom stereocenters. The lowest BCUT2D eigenvalue weighted by Gasteiger charge is -2.28. The third-order valence-electron chi connectivity index (χ3n) is 2.47. The predicted octanol–water partition coefficient (Wildman–Crippen LogP) is -0.207. The molecule has 0 saturated carbocycles. The summed E-state index contributed by atoms with van der Waals surface area (Å²) in [5, 5.41) is 3.31. The Bertz CT molecular complexity index is 126. The van der Waals surface area contributed by atoms with Gasteiger partial charge in [-0.25, -0.2) is 4.39 Å². The molecule has 1 aliphatic rings. The smallest absolute Gasteiger partial charge is 0.102 e. The first-order valence-electron chi connectivity index (χ1n) is 5.00. The third-order valence-corrected chi connectivity index (χ3v) is 2.47. The lowest BCUT2D eigenvalue weighted by Crippen LogP contribution is -2.46. The van der Waals surface area contributed by atoms with Gasteiger partial charge in [-0.1, -0.05) is 0 Å². The van der Waals surface area contributed by atoms with Crippen molar-refractivity contribution in [3.05, 3.63) is 0 Å².